The second-order valence-electron chi connectivity index (χ2n) is 4.40. The summed E-state index contributed by atoms with van der Waals surface area (Å²) in [6.07, 6.45) is -1.86. The number of aromatic nitrogens is 1. The van der Waals surface area contributed by atoms with E-state index in [2.05, 4.69) is 10.3 Å². The van der Waals surface area contributed by atoms with E-state index in [1.807, 2.05) is 0 Å². The first-order chi connectivity index (χ1) is 9.29. The van der Waals surface area contributed by atoms with Crippen LogP contribution >= 0.6 is 11.3 Å². The minimum atomic E-state index is -4.27. The summed E-state index contributed by atoms with van der Waals surface area (Å²) in [5.41, 5.74) is 5.50. The first kappa shape index (κ1) is 14.8. The topological polar surface area (TPSA) is 80.0 Å². The molecule has 1 aliphatic rings. The Morgan fingerprint density at radius 2 is 2.15 bits per heavy atom. The summed E-state index contributed by atoms with van der Waals surface area (Å²) in [4.78, 5) is 15.4. The Balaban J connectivity index is 1.96. The van der Waals surface area contributed by atoms with E-state index in [9.17, 15) is 22.4 Å². The third kappa shape index (κ3) is 3.50. The van der Waals surface area contributed by atoms with Crippen molar-refractivity contribution in [3.63, 3.8) is 0 Å². The van der Waals surface area contributed by atoms with Crippen molar-refractivity contribution in [2.24, 2.45) is 0 Å². The van der Waals surface area contributed by atoms with Crippen LogP contribution in [0, 0.1) is 0 Å². The zero-order chi connectivity index (χ0) is 14.9. The molecule has 0 spiro atoms. The number of amides is 1. The van der Waals surface area contributed by atoms with Crippen LogP contribution in [-0.4, -0.2) is 35.8 Å². The fraction of sp³-hybridized carbons (Fsp3) is 0.600. The van der Waals surface area contributed by atoms with Gasteiger partial charge < -0.3 is 16.4 Å². The van der Waals surface area contributed by atoms with Gasteiger partial charge in [0.05, 0.1) is 6.54 Å². The molecule has 1 aliphatic carbocycles. The molecule has 0 atom stereocenters. The number of carbonyl (C=O) groups excluding carboxylic acids is 1. The maximum absolute atomic E-state index is 12.7. The second kappa shape index (κ2) is 5.43. The summed E-state index contributed by atoms with van der Waals surface area (Å²) >= 11 is 0.903. The lowest BCUT2D eigenvalue weighted by molar-refractivity contribution is -0.123. The SMILES string of the molecule is Nc1nc(NC2CC2)sc1C(=O)NCC(F)(F)C(F)F. The van der Waals surface area contributed by atoms with Gasteiger partial charge in [-0.2, -0.15) is 8.78 Å². The Morgan fingerprint density at radius 3 is 2.70 bits per heavy atom. The third-order valence-electron chi connectivity index (χ3n) is 2.57. The van der Waals surface area contributed by atoms with Gasteiger partial charge in [0.15, 0.2) is 5.13 Å². The number of nitrogen functional groups attached to an aromatic ring is 1. The monoisotopic (exact) mass is 312 g/mol. The van der Waals surface area contributed by atoms with Crippen molar-refractivity contribution < 1.29 is 22.4 Å². The number of anilines is 2. The number of halogens is 4. The zero-order valence-electron chi connectivity index (χ0n) is 10.1. The fourth-order valence-electron chi connectivity index (χ4n) is 1.31. The van der Waals surface area contributed by atoms with Gasteiger partial charge >= 0.3 is 12.3 Å². The lowest BCUT2D eigenvalue weighted by Gasteiger charge is -2.15. The number of hydrogen-bond donors (Lipinski definition) is 3. The normalized spacial score (nSPS) is 15.4. The van der Waals surface area contributed by atoms with Gasteiger partial charge in [-0.25, -0.2) is 13.8 Å². The van der Waals surface area contributed by atoms with Gasteiger partial charge in [-0.15, -0.1) is 0 Å². The number of nitrogens with one attached hydrogen (secondary N) is 2. The summed E-state index contributed by atoms with van der Waals surface area (Å²) < 4.78 is 49.3. The predicted molar refractivity (Wildman–Crippen MR) is 66.5 cm³/mol. The quantitative estimate of drug-likeness (QED) is 0.701. The molecular formula is C10H12F4N4OS. The minimum absolute atomic E-state index is 0.0711. The average Bonchev–Trinajstić information content (AvgIpc) is 3.09. The Morgan fingerprint density at radius 1 is 1.50 bits per heavy atom. The first-order valence-corrected chi connectivity index (χ1v) is 6.58. The number of nitrogens with zero attached hydrogens (tertiary/aromatic N) is 1. The van der Waals surface area contributed by atoms with Crippen LogP contribution in [-0.2, 0) is 0 Å². The van der Waals surface area contributed by atoms with Crippen molar-refractivity contribution >= 4 is 28.2 Å². The van der Waals surface area contributed by atoms with Crippen LogP contribution in [0.3, 0.4) is 0 Å². The number of rotatable bonds is 6. The molecule has 0 aromatic carbocycles. The van der Waals surface area contributed by atoms with Crippen LogP contribution in [0.15, 0.2) is 0 Å². The first-order valence-electron chi connectivity index (χ1n) is 5.76. The van der Waals surface area contributed by atoms with Crippen LogP contribution in [0.25, 0.3) is 0 Å². The van der Waals surface area contributed by atoms with E-state index in [1.165, 1.54) is 0 Å². The third-order valence-corrected chi connectivity index (χ3v) is 3.57. The van der Waals surface area contributed by atoms with E-state index in [0.717, 1.165) is 24.2 Å². The molecule has 1 heterocycles. The number of thiazole rings is 1. The highest BCUT2D eigenvalue weighted by molar-refractivity contribution is 7.18. The van der Waals surface area contributed by atoms with E-state index in [4.69, 9.17) is 5.73 Å². The lowest BCUT2D eigenvalue weighted by Crippen LogP contribution is -2.41. The molecule has 1 saturated carbocycles. The maximum Gasteiger partial charge on any atom is 0.324 e. The highest BCUT2D eigenvalue weighted by atomic mass is 32.1. The minimum Gasteiger partial charge on any atom is -0.382 e. The van der Waals surface area contributed by atoms with Crippen LogP contribution in [0.5, 0.6) is 0 Å². The van der Waals surface area contributed by atoms with E-state index in [0.29, 0.717) is 11.2 Å². The number of hydrogen-bond acceptors (Lipinski definition) is 5. The molecule has 0 unspecified atom stereocenters. The maximum atomic E-state index is 12.7. The van der Waals surface area contributed by atoms with Crippen molar-refractivity contribution in [1.29, 1.82) is 0 Å². The van der Waals surface area contributed by atoms with Gasteiger partial charge in [0.25, 0.3) is 5.91 Å². The van der Waals surface area contributed by atoms with Crippen LogP contribution in [0.4, 0.5) is 28.5 Å². The van der Waals surface area contributed by atoms with Gasteiger partial charge in [-0.3, -0.25) is 4.79 Å². The molecule has 0 radical (unpaired) electrons. The molecule has 4 N–H and O–H groups in total. The van der Waals surface area contributed by atoms with Crippen molar-refractivity contribution in [2.45, 2.75) is 31.2 Å². The van der Waals surface area contributed by atoms with Gasteiger partial charge in [0, 0.05) is 6.04 Å². The van der Waals surface area contributed by atoms with Gasteiger partial charge in [0.2, 0.25) is 0 Å². The zero-order valence-corrected chi connectivity index (χ0v) is 10.9. The van der Waals surface area contributed by atoms with Gasteiger partial charge in [0.1, 0.15) is 10.7 Å². The van der Waals surface area contributed by atoms with Crippen molar-refractivity contribution in [2.75, 3.05) is 17.6 Å². The summed E-state index contributed by atoms with van der Waals surface area (Å²) in [6.45, 7) is -1.45. The predicted octanol–water partition coefficient (Wildman–Crippen LogP) is 1.93. The van der Waals surface area contributed by atoms with Gasteiger partial charge in [-0.1, -0.05) is 11.3 Å². The molecule has 0 saturated heterocycles. The molecule has 1 fully saturated rings. The van der Waals surface area contributed by atoms with E-state index >= 15 is 0 Å². The standard InChI is InChI=1S/C10H12F4N4OS/c11-8(12)10(13,14)3-16-7(19)5-6(15)18-9(20-5)17-4-1-2-4/h4,8H,1-3,15H2,(H,16,19)(H,17,18). The molecule has 1 aromatic rings. The highest BCUT2D eigenvalue weighted by Crippen LogP contribution is 2.30. The second-order valence-corrected chi connectivity index (χ2v) is 5.40. The fourth-order valence-corrected chi connectivity index (χ4v) is 2.19. The molecule has 2 rings (SSSR count). The summed E-state index contributed by atoms with van der Waals surface area (Å²) in [5, 5.41) is 5.15. The summed E-state index contributed by atoms with van der Waals surface area (Å²) in [7, 11) is 0. The van der Waals surface area contributed by atoms with Crippen molar-refractivity contribution in [1.82, 2.24) is 10.3 Å². The average molecular weight is 312 g/mol. The molecule has 10 heteroatoms. The molecule has 0 aliphatic heterocycles. The molecule has 0 bridgehead atoms. The lowest BCUT2D eigenvalue weighted by atomic mass is 10.3. The summed E-state index contributed by atoms with van der Waals surface area (Å²) in [6, 6.07) is 0.291. The highest BCUT2D eigenvalue weighted by Gasteiger charge is 2.41. The number of carbonyl (C=O) groups is 1. The van der Waals surface area contributed by atoms with Crippen LogP contribution < -0.4 is 16.4 Å². The molecule has 112 valence electrons. The van der Waals surface area contributed by atoms with Crippen LogP contribution in [0.2, 0.25) is 0 Å². The Kier molecular flexibility index (Phi) is 4.02. The molecule has 1 aromatic heterocycles. The van der Waals surface area contributed by atoms with E-state index in [-0.39, 0.29) is 10.7 Å². The Bertz CT molecular complexity index is 503. The smallest absolute Gasteiger partial charge is 0.324 e. The largest absolute Gasteiger partial charge is 0.382 e. The van der Waals surface area contributed by atoms with Gasteiger partial charge in [-0.05, 0) is 12.8 Å². The summed E-state index contributed by atoms with van der Waals surface area (Å²) in [5.74, 6) is -5.33. The molecule has 1 amide bonds. The Labute approximate surface area is 115 Å². The number of nitrogens with two attached hydrogens (primary N) is 1. The molecule has 5 nitrogen and oxygen atoms in total. The molecule has 20 heavy (non-hydrogen) atoms. The van der Waals surface area contributed by atoms with Crippen molar-refractivity contribution in [3.05, 3.63) is 4.88 Å². The Hall–Kier alpha value is -1.58. The van der Waals surface area contributed by atoms with Crippen LogP contribution in [0.1, 0.15) is 22.5 Å². The van der Waals surface area contributed by atoms with E-state index < -0.39 is 24.8 Å². The molecular weight excluding hydrogens is 300 g/mol. The number of alkyl halides is 4. The van der Waals surface area contributed by atoms with Crippen molar-refractivity contribution in [3.8, 4) is 0 Å². The van der Waals surface area contributed by atoms with E-state index in [1.54, 1.807) is 5.32 Å².